The van der Waals surface area contributed by atoms with Crippen molar-refractivity contribution in [3.8, 4) is 0 Å². The molecule has 132 valence electrons. The Morgan fingerprint density at radius 1 is 1.35 bits per heavy atom. The van der Waals surface area contributed by atoms with Crippen LogP contribution in [0.1, 0.15) is 13.3 Å². The van der Waals surface area contributed by atoms with Crippen LogP contribution in [0.3, 0.4) is 0 Å². The van der Waals surface area contributed by atoms with Crippen molar-refractivity contribution >= 4 is 23.6 Å². The minimum absolute atomic E-state index is 0.0342. The third-order valence-electron chi connectivity index (χ3n) is 4.39. The van der Waals surface area contributed by atoms with E-state index in [2.05, 4.69) is 15.5 Å². The van der Waals surface area contributed by atoms with E-state index >= 15 is 0 Å². The molecule has 0 aromatic heterocycles. The van der Waals surface area contributed by atoms with E-state index < -0.39 is 0 Å². The van der Waals surface area contributed by atoms with Crippen LogP contribution < -0.4 is 10.6 Å². The summed E-state index contributed by atoms with van der Waals surface area (Å²) in [7, 11) is 1.66. The number of carbonyl (C=O) groups is 2. The van der Waals surface area contributed by atoms with Gasteiger partial charge in [-0.3, -0.25) is 19.8 Å². The van der Waals surface area contributed by atoms with Crippen LogP contribution in [0, 0.1) is 0 Å². The molecule has 2 atom stereocenters. The zero-order chi connectivity index (χ0) is 16.7. The van der Waals surface area contributed by atoms with Crippen molar-refractivity contribution in [2.75, 3.05) is 58.1 Å². The smallest absolute Gasteiger partial charge is 0.240 e. The molecule has 7 nitrogen and oxygen atoms in total. The molecule has 0 aliphatic carbocycles. The number of carbonyl (C=O) groups excluding carboxylic acids is 2. The van der Waals surface area contributed by atoms with Crippen LogP contribution in [0.25, 0.3) is 0 Å². The first-order chi connectivity index (χ1) is 11.1. The summed E-state index contributed by atoms with van der Waals surface area (Å²) in [6.07, 6.45) is 0.823. The lowest BCUT2D eigenvalue weighted by Gasteiger charge is -2.38. The topological polar surface area (TPSA) is 73.9 Å². The molecule has 0 saturated carbocycles. The quantitative estimate of drug-likeness (QED) is 0.597. The molecule has 0 spiro atoms. The molecular weight excluding hydrogens is 316 g/mol. The van der Waals surface area contributed by atoms with Crippen molar-refractivity contribution in [3.63, 3.8) is 0 Å². The molecule has 2 aliphatic heterocycles. The minimum atomic E-state index is -0.157. The van der Waals surface area contributed by atoms with E-state index in [9.17, 15) is 9.59 Å². The molecule has 2 saturated heterocycles. The van der Waals surface area contributed by atoms with E-state index in [0.29, 0.717) is 26.2 Å². The molecule has 0 bridgehead atoms. The van der Waals surface area contributed by atoms with Gasteiger partial charge < -0.3 is 15.0 Å². The second-order valence-electron chi connectivity index (χ2n) is 5.95. The van der Waals surface area contributed by atoms with Crippen LogP contribution in [-0.2, 0) is 14.3 Å². The van der Waals surface area contributed by atoms with E-state index in [-0.39, 0.29) is 23.9 Å². The molecule has 2 unspecified atom stereocenters. The van der Waals surface area contributed by atoms with Gasteiger partial charge in [0.05, 0.1) is 12.1 Å². The fourth-order valence-electron chi connectivity index (χ4n) is 2.85. The van der Waals surface area contributed by atoms with Gasteiger partial charge in [0.1, 0.15) is 0 Å². The maximum atomic E-state index is 12.4. The van der Waals surface area contributed by atoms with E-state index in [1.165, 1.54) is 0 Å². The van der Waals surface area contributed by atoms with Crippen molar-refractivity contribution < 1.29 is 14.3 Å². The highest BCUT2D eigenvalue weighted by molar-refractivity contribution is 7.99. The van der Waals surface area contributed by atoms with E-state index in [1.54, 1.807) is 18.9 Å². The highest BCUT2D eigenvalue weighted by atomic mass is 32.2. The van der Waals surface area contributed by atoms with E-state index in [1.807, 2.05) is 11.8 Å². The number of amides is 2. The lowest BCUT2D eigenvalue weighted by molar-refractivity contribution is -0.135. The Morgan fingerprint density at radius 3 is 2.70 bits per heavy atom. The van der Waals surface area contributed by atoms with Crippen LogP contribution in [0.4, 0.5) is 0 Å². The molecule has 2 amide bonds. The average Bonchev–Trinajstić information content (AvgIpc) is 3.12. The molecule has 2 rings (SSSR count). The Bertz CT molecular complexity index is 396. The van der Waals surface area contributed by atoms with E-state index in [4.69, 9.17) is 4.74 Å². The van der Waals surface area contributed by atoms with Crippen molar-refractivity contribution in [2.24, 2.45) is 0 Å². The molecule has 23 heavy (non-hydrogen) atoms. The molecule has 0 aromatic carbocycles. The van der Waals surface area contributed by atoms with Crippen LogP contribution in [-0.4, -0.2) is 91.8 Å². The maximum Gasteiger partial charge on any atom is 0.240 e. The van der Waals surface area contributed by atoms with Gasteiger partial charge in [0.2, 0.25) is 11.8 Å². The maximum absolute atomic E-state index is 12.4. The molecule has 2 N–H and O–H groups in total. The Hall–Kier alpha value is -0.830. The highest BCUT2D eigenvalue weighted by Crippen LogP contribution is 2.14. The Morgan fingerprint density at radius 2 is 2.09 bits per heavy atom. The fourth-order valence-corrected chi connectivity index (χ4v) is 3.78. The molecule has 2 fully saturated rings. The highest BCUT2D eigenvalue weighted by Gasteiger charge is 2.31. The number of nitrogens with zero attached hydrogens (tertiary/aromatic N) is 2. The number of methoxy groups -OCH3 is 1. The molecule has 2 heterocycles. The number of nitrogens with one attached hydrogen (secondary N) is 2. The number of thioether (sulfide) groups is 1. The number of piperazine rings is 1. The number of ether oxygens (including phenoxy) is 1. The van der Waals surface area contributed by atoms with Gasteiger partial charge in [0, 0.05) is 58.1 Å². The van der Waals surface area contributed by atoms with Crippen molar-refractivity contribution in [1.82, 2.24) is 20.4 Å². The van der Waals surface area contributed by atoms with Gasteiger partial charge in [-0.25, -0.2) is 0 Å². The average molecular weight is 344 g/mol. The zero-order valence-corrected chi connectivity index (χ0v) is 14.9. The number of rotatable bonds is 7. The van der Waals surface area contributed by atoms with Crippen molar-refractivity contribution in [2.45, 2.75) is 25.4 Å². The van der Waals surface area contributed by atoms with Gasteiger partial charge in [-0.15, -0.1) is 11.8 Å². The predicted octanol–water partition coefficient (Wildman–Crippen LogP) is -0.666. The summed E-state index contributed by atoms with van der Waals surface area (Å²) in [6, 6.07) is -0.192. The Balaban J connectivity index is 1.70. The lowest BCUT2D eigenvalue weighted by Crippen LogP contribution is -2.57. The SMILES string of the molecule is COCCCNC(=O)C(C)N1CCN(C(=O)C2CSCN2)CC1. The Labute approximate surface area is 142 Å². The Kier molecular flexibility index (Phi) is 7.61. The first-order valence-electron chi connectivity index (χ1n) is 8.24. The summed E-state index contributed by atoms with van der Waals surface area (Å²) in [4.78, 5) is 28.6. The monoisotopic (exact) mass is 344 g/mol. The molecule has 0 radical (unpaired) electrons. The summed E-state index contributed by atoms with van der Waals surface area (Å²) in [5.74, 6) is 1.97. The molecular formula is C15H28N4O3S. The predicted molar refractivity (Wildman–Crippen MR) is 91.4 cm³/mol. The van der Waals surface area contributed by atoms with Gasteiger partial charge in [0.15, 0.2) is 0 Å². The second-order valence-corrected chi connectivity index (χ2v) is 6.98. The zero-order valence-electron chi connectivity index (χ0n) is 14.0. The standard InChI is InChI=1S/C15H28N4O3S/c1-12(14(20)16-4-3-9-22-2)18-5-7-19(8-6-18)15(21)13-10-23-11-17-13/h12-13,17H,3-11H2,1-2H3,(H,16,20). The first-order valence-corrected chi connectivity index (χ1v) is 9.39. The summed E-state index contributed by atoms with van der Waals surface area (Å²) in [6.45, 7) is 6.12. The first kappa shape index (κ1) is 18.5. The summed E-state index contributed by atoms with van der Waals surface area (Å²) in [5, 5.41) is 6.16. The summed E-state index contributed by atoms with van der Waals surface area (Å²) in [5.41, 5.74) is 0. The van der Waals surface area contributed by atoms with Crippen LogP contribution in [0.5, 0.6) is 0 Å². The molecule has 2 aliphatic rings. The van der Waals surface area contributed by atoms with Gasteiger partial charge >= 0.3 is 0 Å². The van der Waals surface area contributed by atoms with Crippen LogP contribution in [0.15, 0.2) is 0 Å². The largest absolute Gasteiger partial charge is 0.385 e. The van der Waals surface area contributed by atoms with Gasteiger partial charge in [0.25, 0.3) is 0 Å². The van der Waals surface area contributed by atoms with Crippen LogP contribution >= 0.6 is 11.8 Å². The number of hydrogen-bond donors (Lipinski definition) is 2. The molecule has 8 heteroatoms. The van der Waals surface area contributed by atoms with Crippen molar-refractivity contribution in [1.29, 1.82) is 0 Å². The minimum Gasteiger partial charge on any atom is -0.385 e. The van der Waals surface area contributed by atoms with Gasteiger partial charge in [-0.05, 0) is 13.3 Å². The van der Waals surface area contributed by atoms with Crippen LogP contribution in [0.2, 0.25) is 0 Å². The van der Waals surface area contributed by atoms with Gasteiger partial charge in [-0.2, -0.15) is 0 Å². The third-order valence-corrected chi connectivity index (χ3v) is 5.33. The summed E-state index contributed by atoms with van der Waals surface area (Å²) < 4.78 is 4.97. The number of hydrogen-bond acceptors (Lipinski definition) is 6. The normalized spacial score (nSPS) is 23.7. The third kappa shape index (κ3) is 5.34. The van der Waals surface area contributed by atoms with Gasteiger partial charge in [-0.1, -0.05) is 0 Å². The fraction of sp³-hybridized carbons (Fsp3) is 0.867. The summed E-state index contributed by atoms with van der Waals surface area (Å²) >= 11 is 1.76. The lowest BCUT2D eigenvalue weighted by atomic mass is 10.2. The second kappa shape index (κ2) is 9.46. The van der Waals surface area contributed by atoms with Crippen molar-refractivity contribution in [3.05, 3.63) is 0 Å². The molecule has 0 aromatic rings. The van der Waals surface area contributed by atoms with E-state index in [0.717, 1.165) is 31.1 Å².